The molecule has 26 heavy (non-hydrogen) atoms. The number of carbonyl (C=O) groups is 2. The fraction of sp³-hybridized carbons (Fsp3) is 0.600. The standard InChI is InChI=1S/C20H28N2O3S/c1-14-3-5-16(6-4-14)20(2)9-10-22(19(20)24)13-17(18(23)21-25)15-7-11-26-12-8-15/h3-6,15,17,25H,7-13H2,1-2H3,(H,21,23). The molecule has 2 atom stereocenters. The van der Waals surface area contributed by atoms with E-state index in [4.69, 9.17) is 0 Å². The highest BCUT2D eigenvalue weighted by molar-refractivity contribution is 7.99. The van der Waals surface area contributed by atoms with Crippen LogP contribution in [0.15, 0.2) is 24.3 Å². The van der Waals surface area contributed by atoms with Crippen LogP contribution in [0, 0.1) is 18.8 Å². The minimum Gasteiger partial charge on any atom is -0.341 e. The maximum atomic E-state index is 13.2. The molecule has 2 N–H and O–H groups in total. The van der Waals surface area contributed by atoms with Crippen molar-refractivity contribution in [2.45, 2.75) is 38.5 Å². The van der Waals surface area contributed by atoms with Crippen LogP contribution < -0.4 is 5.48 Å². The van der Waals surface area contributed by atoms with Gasteiger partial charge in [-0.15, -0.1) is 0 Å². The average molecular weight is 377 g/mol. The Labute approximate surface area is 159 Å². The van der Waals surface area contributed by atoms with Crippen molar-refractivity contribution in [1.29, 1.82) is 0 Å². The summed E-state index contributed by atoms with van der Waals surface area (Å²) in [6.45, 7) is 5.08. The molecular formula is C20H28N2O3S. The number of hydrogen-bond donors (Lipinski definition) is 2. The number of likely N-dealkylation sites (tertiary alicyclic amines) is 1. The van der Waals surface area contributed by atoms with E-state index in [1.54, 1.807) is 0 Å². The number of nitrogens with one attached hydrogen (secondary N) is 1. The van der Waals surface area contributed by atoms with E-state index in [2.05, 4.69) is 0 Å². The molecule has 0 saturated carbocycles. The highest BCUT2D eigenvalue weighted by Gasteiger charge is 2.45. The summed E-state index contributed by atoms with van der Waals surface area (Å²) in [6, 6.07) is 8.15. The molecule has 5 nitrogen and oxygen atoms in total. The number of carbonyl (C=O) groups excluding carboxylic acids is 2. The van der Waals surface area contributed by atoms with Gasteiger partial charge in [0.25, 0.3) is 0 Å². The van der Waals surface area contributed by atoms with Crippen molar-refractivity contribution in [1.82, 2.24) is 10.4 Å². The van der Waals surface area contributed by atoms with Crippen molar-refractivity contribution in [3.63, 3.8) is 0 Å². The van der Waals surface area contributed by atoms with Crippen molar-refractivity contribution < 1.29 is 14.8 Å². The Bertz CT molecular complexity index is 658. The second-order valence-corrected chi connectivity index (χ2v) is 8.96. The van der Waals surface area contributed by atoms with E-state index in [1.165, 1.54) is 5.56 Å². The van der Waals surface area contributed by atoms with Gasteiger partial charge in [-0.25, -0.2) is 5.48 Å². The van der Waals surface area contributed by atoms with Gasteiger partial charge in [0.2, 0.25) is 11.8 Å². The first-order valence-corrected chi connectivity index (χ1v) is 10.5. The van der Waals surface area contributed by atoms with Crippen LogP contribution in [0.2, 0.25) is 0 Å². The lowest BCUT2D eigenvalue weighted by atomic mass is 9.80. The van der Waals surface area contributed by atoms with Gasteiger partial charge in [-0.05, 0) is 56.1 Å². The molecule has 6 heteroatoms. The number of nitrogens with zero attached hydrogens (tertiary/aromatic N) is 1. The Hall–Kier alpha value is -1.53. The third-order valence-electron chi connectivity index (χ3n) is 6.03. The molecule has 2 aliphatic rings. The van der Waals surface area contributed by atoms with E-state index in [0.29, 0.717) is 13.1 Å². The topological polar surface area (TPSA) is 69.6 Å². The molecule has 2 heterocycles. The number of hydroxylamine groups is 1. The second-order valence-electron chi connectivity index (χ2n) is 7.73. The summed E-state index contributed by atoms with van der Waals surface area (Å²) in [5, 5.41) is 9.17. The third kappa shape index (κ3) is 3.76. The van der Waals surface area contributed by atoms with E-state index < -0.39 is 5.41 Å². The van der Waals surface area contributed by atoms with E-state index in [0.717, 1.165) is 36.3 Å². The van der Waals surface area contributed by atoms with Crippen molar-refractivity contribution in [3.8, 4) is 0 Å². The molecule has 3 rings (SSSR count). The molecular weight excluding hydrogens is 348 g/mol. The number of rotatable bonds is 5. The van der Waals surface area contributed by atoms with E-state index in [-0.39, 0.29) is 23.7 Å². The molecule has 2 aliphatic heterocycles. The Balaban J connectivity index is 1.75. The zero-order valence-corrected chi connectivity index (χ0v) is 16.3. The molecule has 142 valence electrons. The van der Waals surface area contributed by atoms with Crippen LogP contribution in [0.5, 0.6) is 0 Å². The van der Waals surface area contributed by atoms with Crippen molar-refractivity contribution in [2.24, 2.45) is 11.8 Å². The van der Waals surface area contributed by atoms with E-state index in [1.807, 2.05) is 60.3 Å². The molecule has 2 saturated heterocycles. The van der Waals surface area contributed by atoms with Crippen molar-refractivity contribution in [2.75, 3.05) is 24.6 Å². The van der Waals surface area contributed by atoms with Crippen molar-refractivity contribution in [3.05, 3.63) is 35.4 Å². The summed E-state index contributed by atoms with van der Waals surface area (Å²) in [5.41, 5.74) is 3.51. The van der Waals surface area contributed by atoms with Crippen LogP contribution in [0.4, 0.5) is 0 Å². The Kier molecular flexibility index (Phi) is 5.92. The van der Waals surface area contributed by atoms with Crippen LogP contribution in [-0.4, -0.2) is 46.5 Å². The van der Waals surface area contributed by atoms with Gasteiger partial charge in [0.15, 0.2) is 0 Å². The smallest absolute Gasteiger partial charge is 0.248 e. The van der Waals surface area contributed by atoms with Gasteiger partial charge >= 0.3 is 0 Å². The zero-order chi connectivity index (χ0) is 18.7. The molecule has 1 aromatic rings. The van der Waals surface area contributed by atoms with Gasteiger partial charge in [0.05, 0.1) is 11.3 Å². The van der Waals surface area contributed by atoms with Gasteiger partial charge in [-0.3, -0.25) is 14.8 Å². The number of aryl methyl sites for hydroxylation is 1. The minimum atomic E-state index is -0.531. The van der Waals surface area contributed by atoms with Crippen LogP contribution in [0.25, 0.3) is 0 Å². The number of thioether (sulfide) groups is 1. The summed E-state index contributed by atoms with van der Waals surface area (Å²) in [4.78, 5) is 27.3. The SMILES string of the molecule is Cc1ccc(C2(C)CCN(CC(C(=O)NO)C3CCSCC3)C2=O)cc1. The molecule has 0 aromatic heterocycles. The molecule has 2 fully saturated rings. The van der Waals surface area contributed by atoms with Crippen LogP contribution in [0.3, 0.4) is 0 Å². The largest absolute Gasteiger partial charge is 0.341 e. The normalized spacial score (nSPS) is 25.3. The molecule has 0 radical (unpaired) electrons. The number of hydrogen-bond acceptors (Lipinski definition) is 4. The quantitative estimate of drug-likeness (QED) is 0.612. The first-order valence-electron chi connectivity index (χ1n) is 9.34. The molecule has 1 aromatic carbocycles. The van der Waals surface area contributed by atoms with Gasteiger partial charge < -0.3 is 4.90 Å². The minimum absolute atomic E-state index is 0.0854. The lowest BCUT2D eigenvalue weighted by Crippen LogP contribution is -2.45. The van der Waals surface area contributed by atoms with Gasteiger partial charge in [-0.2, -0.15) is 11.8 Å². The summed E-state index contributed by atoms with van der Waals surface area (Å²) in [7, 11) is 0. The molecule has 2 unspecified atom stereocenters. The highest BCUT2D eigenvalue weighted by Crippen LogP contribution is 2.37. The van der Waals surface area contributed by atoms with Crippen LogP contribution in [-0.2, 0) is 15.0 Å². The molecule has 0 aliphatic carbocycles. The van der Waals surface area contributed by atoms with Crippen molar-refractivity contribution >= 4 is 23.6 Å². The maximum absolute atomic E-state index is 13.2. The summed E-state index contributed by atoms with van der Waals surface area (Å²) in [6.07, 6.45) is 2.67. The molecule has 2 amide bonds. The lowest BCUT2D eigenvalue weighted by molar-refractivity contribution is -0.139. The summed E-state index contributed by atoms with van der Waals surface area (Å²) in [5.74, 6) is 1.68. The number of benzene rings is 1. The third-order valence-corrected chi connectivity index (χ3v) is 7.08. The molecule has 0 spiro atoms. The number of amides is 2. The first kappa shape index (κ1) is 19.2. The fourth-order valence-corrected chi connectivity index (χ4v) is 5.31. The predicted octanol–water partition coefficient (Wildman–Crippen LogP) is 2.75. The van der Waals surface area contributed by atoms with Crippen LogP contribution >= 0.6 is 11.8 Å². The highest BCUT2D eigenvalue weighted by atomic mass is 32.2. The van der Waals surface area contributed by atoms with E-state index in [9.17, 15) is 14.8 Å². The van der Waals surface area contributed by atoms with Gasteiger partial charge in [-0.1, -0.05) is 29.8 Å². The second kappa shape index (κ2) is 8.01. The summed E-state index contributed by atoms with van der Waals surface area (Å²) < 4.78 is 0. The lowest BCUT2D eigenvalue weighted by Gasteiger charge is -2.32. The Morgan fingerprint density at radius 2 is 2.00 bits per heavy atom. The maximum Gasteiger partial charge on any atom is 0.248 e. The van der Waals surface area contributed by atoms with E-state index >= 15 is 0 Å². The molecule has 0 bridgehead atoms. The predicted molar refractivity (Wildman–Crippen MR) is 103 cm³/mol. The average Bonchev–Trinajstić information content (AvgIpc) is 2.96. The Morgan fingerprint density at radius 3 is 2.62 bits per heavy atom. The Morgan fingerprint density at radius 1 is 1.35 bits per heavy atom. The van der Waals surface area contributed by atoms with Crippen LogP contribution in [0.1, 0.15) is 37.3 Å². The summed E-state index contributed by atoms with van der Waals surface area (Å²) >= 11 is 1.90. The zero-order valence-electron chi connectivity index (χ0n) is 15.5. The first-order chi connectivity index (χ1) is 12.5. The van der Waals surface area contributed by atoms with Gasteiger partial charge in [0, 0.05) is 13.1 Å². The monoisotopic (exact) mass is 376 g/mol. The van der Waals surface area contributed by atoms with Gasteiger partial charge in [0.1, 0.15) is 0 Å². The fourth-order valence-electron chi connectivity index (χ4n) is 4.16.